The Hall–Kier alpha value is -1.68. The van der Waals surface area contributed by atoms with Crippen molar-refractivity contribution >= 4 is 0 Å². The Bertz CT molecular complexity index is 603. The van der Waals surface area contributed by atoms with Gasteiger partial charge in [0.25, 0.3) is 0 Å². The van der Waals surface area contributed by atoms with Crippen molar-refractivity contribution in [2.75, 3.05) is 19.6 Å². The lowest BCUT2D eigenvalue weighted by molar-refractivity contribution is 0.262. The molecule has 0 aliphatic carbocycles. The van der Waals surface area contributed by atoms with Crippen molar-refractivity contribution in [1.29, 1.82) is 0 Å². The van der Waals surface area contributed by atoms with Gasteiger partial charge in [-0.05, 0) is 30.9 Å². The van der Waals surface area contributed by atoms with E-state index >= 15 is 0 Å². The maximum absolute atomic E-state index is 4.45. The Morgan fingerprint density at radius 1 is 1.00 bits per heavy atom. The molecule has 0 bridgehead atoms. The fraction of sp³-hybridized carbons (Fsp3) is 0.579. The highest BCUT2D eigenvalue weighted by Gasteiger charge is 2.18. The van der Waals surface area contributed by atoms with Crippen LogP contribution >= 0.6 is 0 Å². The number of aryl methyl sites for hydroxylation is 2. The highest BCUT2D eigenvalue weighted by atomic mass is 15.3. The van der Waals surface area contributed by atoms with Crippen molar-refractivity contribution in [3.63, 3.8) is 0 Å². The molecule has 0 saturated heterocycles. The molecule has 1 aliphatic rings. The molecule has 124 valence electrons. The summed E-state index contributed by atoms with van der Waals surface area (Å²) in [4.78, 5) is 2.58. The largest absolute Gasteiger partial charge is 0.314 e. The maximum Gasteiger partial charge on any atom is 0.134 e. The van der Waals surface area contributed by atoms with Crippen molar-refractivity contribution in [3.05, 3.63) is 47.5 Å². The number of fused-ring (bicyclic) bond motifs is 1. The lowest BCUT2D eigenvalue weighted by Crippen LogP contribution is -2.29. The van der Waals surface area contributed by atoms with Crippen molar-refractivity contribution in [3.8, 4) is 0 Å². The van der Waals surface area contributed by atoms with E-state index in [4.69, 9.17) is 0 Å². The molecule has 0 spiro atoms. The topological polar surface area (TPSA) is 34.0 Å². The first-order valence-corrected chi connectivity index (χ1v) is 8.89. The molecule has 0 atom stereocenters. The third kappa shape index (κ3) is 4.41. The van der Waals surface area contributed by atoms with Crippen molar-refractivity contribution < 1.29 is 0 Å². The molecule has 2 aromatic rings. The van der Waals surface area contributed by atoms with Gasteiger partial charge in [0.2, 0.25) is 0 Å². The van der Waals surface area contributed by atoms with Crippen LogP contribution in [0.5, 0.6) is 0 Å². The molecule has 0 radical (unpaired) electrons. The number of hydrogen-bond donors (Lipinski definition) is 0. The van der Waals surface area contributed by atoms with E-state index in [1.54, 1.807) is 0 Å². The minimum Gasteiger partial charge on any atom is -0.314 e. The second kappa shape index (κ2) is 7.73. The predicted octanol–water partition coefficient (Wildman–Crippen LogP) is 2.97. The second-order valence-corrected chi connectivity index (χ2v) is 6.94. The molecule has 3 rings (SSSR count). The molecule has 1 aromatic heterocycles. The van der Waals surface area contributed by atoms with Crippen molar-refractivity contribution in [2.24, 2.45) is 5.92 Å². The summed E-state index contributed by atoms with van der Waals surface area (Å²) in [6.07, 6.45) is 4.32. The second-order valence-electron chi connectivity index (χ2n) is 6.94. The van der Waals surface area contributed by atoms with Gasteiger partial charge in [0.05, 0.1) is 0 Å². The van der Waals surface area contributed by atoms with Gasteiger partial charge in [0.15, 0.2) is 0 Å². The van der Waals surface area contributed by atoms with Crippen molar-refractivity contribution in [2.45, 2.75) is 46.1 Å². The van der Waals surface area contributed by atoms with Crippen LogP contribution in [-0.4, -0.2) is 39.3 Å². The number of benzene rings is 1. The number of rotatable bonds is 6. The van der Waals surface area contributed by atoms with E-state index < -0.39 is 0 Å². The standard InChI is InChI=1S/C19H28N4/c1-16(2)10-12-22-13-11-19-21-20-18(23(19)15-14-22)9-8-17-6-4-3-5-7-17/h3-7,16H,8-15H2,1-2H3. The number of hydrogen-bond acceptors (Lipinski definition) is 3. The third-order valence-corrected chi connectivity index (χ3v) is 4.70. The van der Waals surface area contributed by atoms with Crippen LogP contribution in [0.1, 0.15) is 37.5 Å². The molecular formula is C19H28N4. The Kier molecular flexibility index (Phi) is 5.44. The fourth-order valence-electron chi connectivity index (χ4n) is 3.18. The van der Waals surface area contributed by atoms with E-state index in [1.165, 1.54) is 24.4 Å². The van der Waals surface area contributed by atoms with E-state index in [-0.39, 0.29) is 0 Å². The molecule has 0 fully saturated rings. The van der Waals surface area contributed by atoms with Crippen LogP contribution in [0.2, 0.25) is 0 Å². The minimum absolute atomic E-state index is 0.776. The third-order valence-electron chi connectivity index (χ3n) is 4.70. The number of nitrogens with zero attached hydrogens (tertiary/aromatic N) is 4. The Labute approximate surface area is 139 Å². The summed E-state index contributed by atoms with van der Waals surface area (Å²) in [5, 5.41) is 8.89. The molecule has 4 nitrogen and oxygen atoms in total. The summed E-state index contributed by atoms with van der Waals surface area (Å²) in [6.45, 7) is 9.07. The molecule has 0 unspecified atom stereocenters. The Balaban J connectivity index is 1.59. The molecule has 1 aliphatic heterocycles. The molecule has 1 aromatic carbocycles. The van der Waals surface area contributed by atoms with E-state index in [9.17, 15) is 0 Å². The Morgan fingerprint density at radius 3 is 2.61 bits per heavy atom. The molecule has 0 N–H and O–H groups in total. The van der Waals surface area contributed by atoms with Gasteiger partial charge in [0.1, 0.15) is 11.6 Å². The summed E-state index contributed by atoms with van der Waals surface area (Å²) >= 11 is 0. The lowest BCUT2D eigenvalue weighted by atomic mass is 10.1. The predicted molar refractivity (Wildman–Crippen MR) is 93.5 cm³/mol. The summed E-state index contributed by atoms with van der Waals surface area (Å²) in [5.41, 5.74) is 1.37. The first kappa shape index (κ1) is 16.2. The summed E-state index contributed by atoms with van der Waals surface area (Å²) in [7, 11) is 0. The highest BCUT2D eigenvalue weighted by Crippen LogP contribution is 2.13. The van der Waals surface area contributed by atoms with Crippen LogP contribution in [0.15, 0.2) is 30.3 Å². The molecule has 0 amide bonds. The van der Waals surface area contributed by atoms with Crippen LogP contribution in [0.25, 0.3) is 0 Å². The van der Waals surface area contributed by atoms with Crippen molar-refractivity contribution in [1.82, 2.24) is 19.7 Å². The first-order valence-electron chi connectivity index (χ1n) is 8.89. The fourth-order valence-corrected chi connectivity index (χ4v) is 3.18. The molecule has 4 heteroatoms. The SMILES string of the molecule is CC(C)CCN1CCc2nnc(CCc3ccccc3)n2CC1. The van der Waals surface area contributed by atoms with Gasteiger partial charge in [-0.15, -0.1) is 10.2 Å². The van der Waals surface area contributed by atoms with E-state index in [0.717, 1.165) is 50.6 Å². The van der Waals surface area contributed by atoms with Gasteiger partial charge < -0.3 is 9.47 Å². The van der Waals surface area contributed by atoms with Crippen LogP contribution in [0.3, 0.4) is 0 Å². The first-order chi connectivity index (χ1) is 11.2. The summed E-state index contributed by atoms with van der Waals surface area (Å²) in [5.74, 6) is 3.09. The minimum atomic E-state index is 0.776. The van der Waals surface area contributed by atoms with E-state index in [1.807, 2.05) is 0 Å². The molecular weight excluding hydrogens is 284 g/mol. The average Bonchev–Trinajstić information content (AvgIpc) is 2.83. The van der Waals surface area contributed by atoms with E-state index in [2.05, 4.69) is 63.8 Å². The number of aromatic nitrogens is 3. The normalized spacial score (nSPS) is 15.6. The van der Waals surface area contributed by atoms with Crippen LogP contribution < -0.4 is 0 Å². The van der Waals surface area contributed by atoms with Gasteiger partial charge in [-0.25, -0.2) is 0 Å². The zero-order chi connectivity index (χ0) is 16.1. The summed E-state index contributed by atoms with van der Waals surface area (Å²) in [6, 6.07) is 10.7. The van der Waals surface area contributed by atoms with Gasteiger partial charge in [-0.3, -0.25) is 0 Å². The maximum atomic E-state index is 4.45. The zero-order valence-corrected chi connectivity index (χ0v) is 14.4. The zero-order valence-electron chi connectivity index (χ0n) is 14.4. The van der Waals surface area contributed by atoms with Crippen LogP contribution in [0.4, 0.5) is 0 Å². The Morgan fingerprint density at radius 2 is 1.83 bits per heavy atom. The average molecular weight is 312 g/mol. The van der Waals surface area contributed by atoms with Gasteiger partial charge in [0, 0.05) is 32.5 Å². The quantitative estimate of drug-likeness (QED) is 0.822. The summed E-state index contributed by atoms with van der Waals surface area (Å²) < 4.78 is 2.36. The smallest absolute Gasteiger partial charge is 0.134 e. The van der Waals surface area contributed by atoms with Gasteiger partial charge >= 0.3 is 0 Å². The molecule has 2 heterocycles. The van der Waals surface area contributed by atoms with Gasteiger partial charge in [-0.2, -0.15) is 0 Å². The monoisotopic (exact) mass is 312 g/mol. The lowest BCUT2D eigenvalue weighted by Gasteiger charge is -2.20. The van der Waals surface area contributed by atoms with Crippen LogP contribution in [-0.2, 0) is 25.8 Å². The van der Waals surface area contributed by atoms with Gasteiger partial charge in [-0.1, -0.05) is 44.2 Å². The van der Waals surface area contributed by atoms with E-state index in [0.29, 0.717) is 0 Å². The molecule has 23 heavy (non-hydrogen) atoms. The van der Waals surface area contributed by atoms with Crippen LogP contribution in [0, 0.1) is 5.92 Å². The highest BCUT2D eigenvalue weighted by molar-refractivity contribution is 5.15. The molecule has 0 saturated carbocycles.